The summed E-state index contributed by atoms with van der Waals surface area (Å²) >= 11 is 0. The molecule has 0 bridgehead atoms. The van der Waals surface area contributed by atoms with Gasteiger partial charge in [-0.15, -0.1) is 0 Å². The van der Waals surface area contributed by atoms with E-state index >= 15 is 0 Å². The van der Waals surface area contributed by atoms with Crippen molar-refractivity contribution in [3.8, 4) is 0 Å². The van der Waals surface area contributed by atoms with Crippen LogP contribution in [0.1, 0.15) is 44.7 Å². The molecule has 102 valence electrons. The second-order valence-corrected chi connectivity index (χ2v) is 5.21. The van der Waals surface area contributed by atoms with Crippen LogP contribution in [0, 0.1) is 0 Å². The van der Waals surface area contributed by atoms with Crippen LogP contribution in [-0.4, -0.2) is 25.8 Å². The van der Waals surface area contributed by atoms with Gasteiger partial charge in [-0.3, -0.25) is 0 Å². The maximum atomic E-state index is 5.44. The molecule has 0 spiro atoms. The smallest absolute Gasteiger partial charge is 0.0699 e. The Hall–Kier alpha value is -0.860. The molecule has 0 aliphatic rings. The van der Waals surface area contributed by atoms with Crippen LogP contribution in [0.2, 0.25) is 0 Å². The highest BCUT2D eigenvalue weighted by molar-refractivity contribution is 5.25. The van der Waals surface area contributed by atoms with Gasteiger partial charge in [0.2, 0.25) is 0 Å². The lowest BCUT2D eigenvalue weighted by Crippen LogP contribution is -2.40. The van der Waals surface area contributed by atoms with Crippen LogP contribution in [0.25, 0.3) is 0 Å². The van der Waals surface area contributed by atoms with E-state index in [1.165, 1.54) is 11.1 Å². The van der Waals surface area contributed by atoms with Gasteiger partial charge in [0, 0.05) is 13.2 Å². The van der Waals surface area contributed by atoms with Crippen LogP contribution in [0.15, 0.2) is 24.3 Å². The minimum atomic E-state index is 0.231. The summed E-state index contributed by atoms with van der Waals surface area (Å²) in [7, 11) is 1.77. The molecule has 2 unspecified atom stereocenters. The quantitative estimate of drug-likeness (QED) is 0.800. The van der Waals surface area contributed by atoms with Crippen molar-refractivity contribution in [2.45, 2.75) is 52.2 Å². The number of methoxy groups -OCH3 is 1. The molecule has 18 heavy (non-hydrogen) atoms. The molecule has 2 heteroatoms. The van der Waals surface area contributed by atoms with Crippen LogP contribution in [0.5, 0.6) is 0 Å². The van der Waals surface area contributed by atoms with Crippen molar-refractivity contribution in [3.63, 3.8) is 0 Å². The Morgan fingerprint density at radius 3 is 2.17 bits per heavy atom. The van der Waals surface area contributed by atoms with Gasteiger partial charge in [0.1, 0.15) is 0 Å². The average Bonchev–Trinajstić information content (AvgIpc) is 2.38. The maximum absolute atomic E-state index is 5.44. The molecule has 0 fully saturated rings. The second-order valence-electron chi connectivity index (χ2n) is 5.21. The molecule has 1 aromatic carbocycles. The summed E-state index contributed by atoms with van der Waals surface area (Å²) in [5.74, 6) is 0.599. The van der Waals surface area contributed by atoms with Gasteiger partial charge in [-0.05, 0) is 36.9 Å². The standard InChI is InChI=1S/C16H27NO/c1-6-17-16(13(4)18-5)11-14-7-9-15(10-8-14)12(2)3/h7-10,12-13,16-17H,6,11H2,1-5H3. The monoisotopic (exact) mass is 249 g/mol. The highest BCUT2D eigenvalue weighted by Crippen LogP contribution is 2.16. The third kappa shape index (κ3) is 4.43. The Bertz CT molecular complexity index is 331. The van der Waals surface area contributed by atoms with Crippen molar-refractivity contribution in [1.82, 2.24) is 5.32 Å². The van der Waals surface area contributed by atoms with E-state index in [0.717, 1.165) is 13.0 Å². The van der Waals surface area contributed by atoms with E-state index in [4.69, 9.17) is 4.74 Å². The van der Waals surface area contributed by atoms with E-state index in [2.05, 4.69) is 57.3 Å². The molecule has 0 aromatic heterocycles. The zero-order valence-electron chi connectivity index (χ0n) is 12.4. The SMILES string of the molecule is CCNC(Cc1ccc(C(C)C)cc1)C(C)OC. The summed E-state index contributed by atoms with van der Waals surface area (Å²) < 4.78 is 5.44. The minimum absolute atomic E-state index is 0.231. The van der Waals surface area contributed by atoms with Gasteiger partial charge < -0.3 is 10.1 Å². The topological polar surface area (TPSA) is 21.3 Å². The molecule has 0 radical (unpaired) electrons. The van der Waals surface area contributed by atoms with Gasteiger partial charge in [-0.2, -0.15) is 0 Å². The summed E-state index contributed by atoms with van der Waals surface area (Å²) in [5, 5.41) is 3.49. The zero-order valence-corrected chi connectivity index (χ0v) is 12.4. The highest BCUT2D eigenvalue weighted by atomic mass is 16.5. The zero-order chi connectivity index (χ0) is 13.5. The van der Waals surface area contributed by atoms with E-state index in [0.29, 0.717) is 12.0 Å². The van der Waals surface area contributed by atoms with E-state index in [1.807, 2.05) is 0 Å². The van der Waals surface area contributed by atoms with E-state index in [-0.39, 0.29) is 6.10 Å². The Kier molecular flexibility index (Phi) is 6.37. The van der Waals surface area contributed by atoms with Gasteiger partial charge in [-0.25, -0.2) is 0 Å². The number of likely N-dealkylation sites (N-methyl/N-ethyl adjacent to an activating group) is 1. The first-order valence-electron chi connectivity index (χ1n) is 6.93. The molecule has 0 saturated heterocycles. The lowest BCUT2D eigenvalue weighted by Gasteiger charge is -2.24. The van der Waals surface area contributed by atoms with E-state index < -0.39 is 0 Å². The number of hydrogen-bond acceptors (Lipinski definition) is 2. The predicted molar refractivity (Wildman–Crippen MR) is 78.2 cm³/mol. The normalized spacial score (nSPS) is 14.8. The summed E-state index contributed by atoms with van der Waals surface area (Å²) in [6, 6.07) is 9.33. The van der Waals surface area contributed by atoms with Crippen molar-refractivity contribution in [2.24, 2.45) is 0 Å². The molecule has 1 N–H and O–H groups in total. The van der Waals surface area contributed by atoms with E-state index in [1.54, 1.807) is 7.11 Å². The fourth-order valence-corrected chi connectivity index (χ4v) is 2.12. The van der Waals surface area contributed by atoms with Gasteiger partial charge >= 0.3 is 0 Å². The highest BCUT2D eigenvalue weighted by Gasteiger charge is 2.16. The molecule has 0 saturated carbocycles. The number of rotatable bonds is 7. The predicted octanol–water partition coefficient (Wildman–Crippen LogP) is 3.37. The fourth-order valence-electron chi connectivity index (χ4n) is 2.12. The number of benzene rings is 1. The Labute approximate surface area is 112 Å². The number of nitrogens with one attached hydrogen (secondary N) is 1. The molecule has 0 amide bonds. The lowest BCUT2D eigenvalue weighted by atomic mass is 9.97. The molecular weight excluding hydrogens is 222 g/mol. The largest absolute Gasteiger partial charge is 0.380 e. The van der Waals surface area contributed by atoms with Crippen molar-refractivity contribution in [1.29, 1.82) is 0 Å². The van der Waals surface area contributed by atoms with Crippen LogP contribution in [-0.2, 0) is 11.2 Å². The Morgan fingerprint density at radius 1 is 1.11 bits per heavy atom. The van der Waals surface area contributed by atoms with Crippen molar-refractivity contribution < 1.29 is 4.74 Å². The first-order valence-corrected chi connectivity index (χ1v) is 6.93. The van der Waals surface area contributed by atoms with E-state index in [9.17, 15) is 0 Å². The first-order chi connectivity index (χ1) is 8.58. The summed E-state index contributed by atoms with van der Waals surface area (Å²) in [4.78, 5) is 0. The molecule has 0 heterocycles. The first kappa shape index (κ1) is 15.2. The third-order valence-electron chi connectivity index (χ3n) is 3.51. The molecular formula is C16H27NO. The van der Waals surface area contributed by atoms with Crippen LogP contribution in [0.3, 0.4) is 0 Å². The summed E-state index contributed by atoms with van der Waals surface area (Å²) in [5.41, 5.74) is 2.77. The Morgan fingerprint density at radius 2 is 1.72 bits per heavy atom. The molecule has 0 aliphatic heterocycles. The van der Waals surface area contributed by atoms with Gasteiger partial charge in [0.25, 0.3) is 0 Å². The van der Waals surface area contributed by atoms with Gasteiger partial charge in [0.05, 0.1) is 6.10 Å². The molecule has 1 aromatic rings. The third-order valence-corrected chi connectivity index (χ3v) is 3.51. The molecule has 2 atom stereocenters. The second kappa shape index (κ2) is 7.55. The summed E-state index contributed by atoms with van der Waals surface area (Å²) in [6.45, 7) is 9.68. The van der Waals surface area contributed by atoms with Crippen LogP contribution >= 0.6 is 0 Å². The van der Waals surface area contributed by atoms with Crippen molar-refractivity contribution in [3.05, 3.63) is 35.4 Å². The fraction of sp³-hybridized carbons (Fsp3) is 0.625. The molecule has 0 aliphatic carbocycles. The maximum Gasteiger partial charge on any atom is 0.0699 e. The summed E-state index contributed by atoms with van der Waals surface area (Å²) in [6.07, 6.45) is 1.25. The molecule has 2 nitrogen and oxygen atoms in total. The number of ether oxygens (including phenoxy) is 1. The van der Waals surface area contributed by atoms with Crippen LogP contribution in [0.4, 0.5) is 0 Å². The van der Waals surface area contributed by atoms with Gasteiger partial charge in [-0.1, -0.05) is 45.0 Å². The van der Waals surface area contributed by atoms with Crippen molar-refractivity contribution >= 4 is 0 Å². The van der Waals surface area contributed by atoms with Crippen LogP contribution < -0.4 is 5.32 Å². The Balaban J connectivity index is 2.68. The van der Waals surface area contributed by atoms with Crippen molar-refractivity contribution in [2.75, 3.05) is 13.7 Å². The van der Waals surface area contributed by atoms with Gasteiger partial charge in [0.15, 0.2) is 0 Å². The molecule has 1 rings (SSSR count). The lowest BCUT2D eigenvalue weighted by molar-refractivity contribution is 0.0836. The average molecular weight is 249 g/mol. The number of hydrogen-bond donors (Lipinski definition) is 1. The minimum Gasteiger partial charge on any atom is -0.380 e.